The Labute approximate surface area is 171 Å². The predicted octanol–water partition coefficient (Wildman–Crippen LogP) is 6.28. The van der Waals surface area contributed by atoms with Gasteiger partial charge in [0.1, 0.15) is 5.75 Å². The normalized spacial score (nSPS) is 15.3. The number of halogens is 11. The molecule has 3 nitrogen and oxygen atoms in total. The summed E-state index contributed by atoms with van der Waals surface area (Å²) in [7, 11) is 0. The van der Waals surface area contributed by atoms with Crippen LogP contribution in [-0.2, 0) is 4.74 Å². The molecule has 0 fully saturated rings. The molecule has 0 aliphatic heterocycles. The van der Waals surface area contributed by atoms with Crippen LogP contribution in [0, 0.1) is 0 Å². The second kappa shape index (κ2) is 7.90. The van der Waals surface area contributed by atoms with Gasteiger partial charge in [-0.25, -0.2) is 0 Å². The Morgan fingerprint density at radius 3 is 1.44 bits per heavy atom. The summed E-state index contributed by atoms with van der Waals surface area (Å²) in [4.78, 5) is 11.9. The van der Waals surface area contributed by atoms with Gasteiger partial charge in [0.25, 0.3) is 0 Å². The van der Waals surface area contributed by atoms with Crippen molar-refractivity contribution in [2.24, 2.45) is 0 Å². The van der Waals surface area contributed by atoms with Crippen molar-refractivity contribution in [3.63, 3.8) is 0 Å². The maximum absolute atomic E-state index is 14.4. The Bertz CT molecular complexity index is 964. The second-order valence-electron chi connectivity index (χ2n) is 6.24. The Morgan fingerprint density at radius 2 is 1.06 bits per heavy atom. The lowest BCUT2D eigenvalue weighted by Gasteiger charge is -2.34. The third kappa shape index (κ3) is 4.49. The van der Waals surface area contributed by atoms with Crippen molar-refractivity contribution >= 4 is 5.78 Å². The summed E-state index contributed by atoms with van der Waals surface area (Å²) in [6.07, 6.45) is -21.0. The van der Waals surface area contributed by atoms with Gasteiger partial charge < -0.3 is 5.11 Å². The first-order valence-corrected chi connectivity index (χ1v) is 8.06. The zero-order valence-corrected chi connectivity index (χ0v) is 15.0. The number of ether oxygens (including phenoxy) is 1. The molecule has 1 atom stereocenters. The number of alkyl halides is 11. The average molecular weight is 482 g/mol. The van der Waals surface area contributed by atoms with Gasteiger partial charge in [0, 0.05) is 5.56 Å². The summed E-state index contributed by atoms with van der Waals surface area (Å²) >= 11 is 0. The van der Waals surface area contributed by atoms with E-state index in [1.165, 1.54) is 24.3 Å². The molecule has 1 N–H and O–H groups in total. The first kappa shape index (κ1) is 25.4. The van der Waals surface area contributed by atoms with E-state index in [2.05, 4.69) is 4.74 Å². The van der Waals surface area contributed by atoms with Crippen molar-refractivity contribution in [3.05, 3.63) is 54.1 Å². The second-order valence-corrected chi connectivity index (χ2v) is 6.24. The molecule has 0 spiro atoms. The summed E-state index contributed by atoms with van der Waals surface area (Å²) in [6, 6.07) is 7.83. The molecule has 2 rings (SSSR count). The number of phenols is 1. The van der Waals surface area contributed by atoms with Crippen LogP contribution >= 0.6 is 0 Å². The van der Waals surface area contributed by atoms with Crippen molar-refractivity contribution in [3.8, 4) is 16.9 Å². The fourth-order valence-electron chi connectivity index (χ4n) is 2.29. The largest absolute Gasteiger partial charge is 0.508 e. The lowest BCUT2D eigenvalue weighted by atomic mass is 9.99. The van der Waals surface area contributed by atoms with Crippen molar-refractivity contribution < 1.29 is 62.9 Å². The summed E-state index contributed by atoms with van der Waals surface area (Å²) in [5.74, 6) is -16.6. The number of ketones is 1. The Kier molecular flexibility index (Phi) is 6.26. The number of phenolic OH excluding ortho intramolecular Hbond substituents is 1. The fraction of sp³-hybridized carbons (Fsp3) is 0.278. The van der Waals surface area contributed by atoms with Crippen LogP contribution in [0.15, 0.2) is 48.5 Å². The van der Waals surface area contributed by atoms with Crippen molar-refractivity contribution in [2.45, 2.75) is 30.2 Å². The van der Waals surface area contributed by atoms with Crippen LogP contribution in [0.1, 0.15) is 10.4 Å². The van der Waals surface area contributed by atoms with Crippen LogP contribution in [0.2, 0.25) is 0 Å². The highest BCUT2D eigenvalue weighted by Gasteiger charge is 2.79. The average Bonchev–Trinajstić information content (AvgIpc) is 2.66. The SMILES string of the molecule is O=C(c1ccc(-c2ccc(O)cc2)cc1)C(F)(OC(F)(F)C(F)(F)C(F)(F)F)C(F)(F)F. The summed E-state index contributed by atoms with van der Waals surface area (Å²) < 4.78 is 145. The van der Waals surface area contributed by atoms with E-state index in [4.69, 9.17) is 0 Å². The number of Topliss-reactive ketones (excluding diaryl/α,β-unsaturated/α-hetero) is 1. The number of aromatic hydroxyl groups is 1. The molecule has 0 amide bonds. The van der Waals surface area contributed by atoms with Gasteiger partial charge in [0.2, 0.25) is 5.78 Å². The Morgan fingerprint density at radius 1 is 0.656 bits per heavy atom. The van der Waals surface area contributed by atoms with Crippen LogP contribution in [0.25, 0.3) is 11.1 Å². The summed E-state index contributed by atoms with van der Waals surface area (Å²) in [6.45, 7) is 0. The molecule has 32 heavy (non-hydrogen) atoms. The number of hydrogen-bond acceptors (Lipinski definition) is 3. The third-order valence-corrected chi connectivity index (χ3v) is 3.99. The first-order valence-electron chi connectivity index (χ1n) is 8.06. The number of hydrogen-bond donors (Lipinski definition) is 1. The van der Waals surface area contributed by atoms with Crippen LogP contribution in [0.5, 0.6) is 5.75 Å². The highest BCUT2D eigenvalue weighted by molar-refractivity contribution is 6.02. The number of carbonyl (C=O) groups excluding carboxylic acids is 1. The standard InChI is InChI=1S/C18H9F11O3/c19-14(16(22,23)24,32-18(28,29)15(20,21)17(25,26)27)13(31)11-3-1-9(2-4-11)10-5-7-12(30)8-6-10/h1-8,30H. The minimum atomic E-state index is -7.26. The van der Waals surface area contributed by atoms with E-state index in [0.29, 0.717) is 17.7 Å². The van der Waals surface area contributed by atoms with Crippen LogP contribution < -0.4 is 0 Å². The molecular formula is C18H9F11O3. The third-order valence-electron chi connectivity index (χ3n) is 3.99. The topological polar surface area (TPSA) is 46.5 Å². The molecule has 1 unspecified atom stereocenters. The molecule has 14 heteroatoms. The molecule has 0 radical (unpaired) electrons. The number of carbonyl (C=O) groups is 1. The van der Waals surface area contributed by atoms with Crippen molar-refractivity contribution in [1.29, 1.82) is 0 Å². The molecule has 176 valence electrons. The van der Waals surface area contributed by atoms with E-state index in [1.807, 2.05) is 0 Å². The minimum absolute atomic E-state index is 0.151. The van der Waals surface area contributed by atoms with Gasteiger partial charge in [-0.15, -0.1) is 0 Å². The van der Waals surface area contributed by atoms with E-state index in [1.54, 1.807) is 0 Å². The molecule has 0 aliphatic rings. The molecule has 2 aromatic carbocycles. The van der Waals surface area contributed by atoms with Gasteiger partial charge in [-0.3, -0.25) is 9.53 Å². The highest BCUT2D eigenvalue weighted by atomic mass is 19.4. The Hall–Kier alpha value is -2.90. The van der Waals surface area contributed by atoms with Crippen LogP contribution in [0.4, 0.5) is 48.3 Å². The van der Waals surface area contributed by atoms with Crippen molar-refractivity contribution in [1.82, 2.24) is 0 Å². The number of rotatable bonds is 6. The van der Waals surface area contributed by atoms with E-state index < -0.39 is 41.6 Å². The molecule has 0 heterocycles. The van der Waals surface area contributed by atoms with Crippen LogP contribution in [0.3, 0.4) is 0 Å². The van der Waals surface area contributed by atoms with Crippen molar-refractivity contribution in [2.75, 3.05) is 0 Å². The first-order chi connectivity index (χ1) is 14.3. The quantitative estimate of drug-likeness (QED) is 0.390. The van der Waals surface area contributed by atoms with E-state index in [0.717, 1.165) is 12.1 Å². The summed E-state index contributed by atoms with van der Waals surface area (Å²) in [5.41, 5.74) is -0.817. The van der Waals surface area contributed by atoms with Gasteiger partial charge in [-0.1, -0.05) is 36.4 Å². The lowest BCUT2D eigenvalue weighted by Crippen LogP contribution is -2.61. The van der Waals surface area contributed by atoms with E-state index in [9.17, 15) is 58.2 Å². The molecule has 0 aromatic heterocycles. The minimum Gasteiger partial charge on any atom is -0.508 e. The number of benzene rings is 2. The van der Waals surface area contributed by atoms with Gasteiger partial charge in [0.05, 0.1) is 0 Å². The molecule has 0 saturated carbocycles. The maximum Gasteiger partial charge on any atom is 0.462 e. The van der Waals surface area contributed by atoms with Gasteiger partial charge in [-0.2, -0.15) is 48.3 Å². The van der Waals surface area contributed by atoms with Gasteiger partial charge >= 0.3 is 30.2 Å². The highest BCUT2D eigenvalue weighted by Crippen LogP contribution is 2.51. The molecule has 2 aromatic rings. The molecule has 0 bridgehead atoms. The van der Waals surface area contributed by atoms with Gasteiger partial charge in [-0.05, 0) is 23.3 Å². The zero-order valence-electron chi connectivity index (χ0n) is 15.0. The molecule has 0 saturated heterocycles. The van der Waals surface area contributed by atoms with Gasteiger partial charge in [0.15, 0.2) is 0 Å². The predicted molar refractivity (Wildman–Crippen MR) is 84.8 cm³/mol. The fourth-order valence-corrected chi connectivity index (χ4v) is 2.29. The smallest absolute Gasteiger partial charge is 0.462 e. The van der Waals surface area contributed by atoms with Crippen LogP contribution in [-0.4, -0.2) is 41.1 Å². The lowest BCUT2D eigenvalue weighted by molar-refractivity contribution is -0.470. The van der Waals surface area contributed by atoms with E-state index >= 15 is 0 Å². The molecular weight excluding hydrogens is 473 g/mol. The van der Waals surface area contributed by atoms with E-state index in [-0.39, 0.29) is 11.3 Å². The Balaban J connectivity index is 2.44. The maximum atomic E-state index is 14.4. The summed E-state index contributed by atoms with van der Waals surface area (Å²) in [5, 5.41) is 9.19. The molecule has 0 aliphatic carbocycles. The monoisotopic (exact) mass is 482 g/mol. The zero-order chi connectivity index (χ0) is 24.8.